The number of phenols is 2. The highest BCUT2D eigenvalue weighted by Crippen LogP contribution is 2.39. The minimum Gasteiger partial charge on any atom is -0.507 e. The standard InChI is InChI=1S/C23H28N4O4.C22H30N4O3/c1-23(2,3)31-22(30)27-10-6-7-14(13-27)16-11-18(15-8-4-5-9-19(15)28)25-20-17(16)12-24-21(29)26-20;1-22(2,3)29-21(28)26-10-6-7-14(13-26)16-11-18(25-20(24)17(16)12-23)15-8-4-5-9-19(15)27/h4-5,8-9,11,14,28H,6-7,10,12-13H2,1-3H3,(H2,24,25,26,29);4-5,8-9,11,14,27H,6-7,10,12-13,23H2,1-3H3,(H2,24,25). The molecule has 4 aromatic rings. The van der Waals surface area contributed by atoms with Crippen LogP contribution in [0, 0.1) is 0 Å². The molecule has 2 aromatic carbocycles. The SMILES string of the molecule is CC(C)(C)OC(=O)N1CCCC(c2cc(-c3ccccc3O)nc(N)c2CN)C1.CC(C)(C)OC(=O)N1CCCC(c2cc(-c3ccccc3O)nc3c2CNC(=O)N3)C1. The number of phenolic OH excluding ortho intramolecular Hbond substituents is 2. The number of hydrogen-bond donors (Lipinski definition) is 6. The van der Waals surface area contributed by atoms with Crippen molar-refractivity contribution in [2.24, 2.45) is 5.73 Å². The molecular formula is C45H58N8O7. The summed E-state index contributed by atoms with van der Waals surface area (Å²) in [5, 5.41) is 26.2. The number of ether oxygens (including phenoxy) is 2. The molecule has 4 amide bonds. The highest BCUT2D eigenvalue weighted by Gasteiger charge is 2.33. The first kappa shape index (κ1) is 43.5. The topological polar surface area (TPSA) is 218 Å². The van der Waals surface area contributed by atoms with E-state index in [0.29, 0.717) is 66.9 Å². The van der Waals surface area contributed by atoms with Crippen LogP contribution in [0.2, 0.25) is 0 Å². The van der Waals surface area contributed by atoms with Crippen molar-refractivity contribution in [1.82, 2.24) is 25.1 Å². The van der Waals surface area contributed by atoms with Gasteiger partial charge in [-0.1, -0.05) is 24.3 Å². The maximum atomic E-state index is 12.6. The van der Waals surface area contributed by atoms with Gasteiger partial charge in [0.25, 0.3) is 0 Å². The van der Waals surface area contributed by atoms with Crippen LogP contribution in [0.1, 0.15) is 101 Å². The van der Waals surface area contributed by atoms with Gasteiger partial charge in [0.2, 0.25) is 0 Å². The number of anilines is 2. The molecule has 15 heteroatoms. The Hall–Kier alpha value is -6.09. The Labute approximate surface area is 351 Å². The minimum absolute atomic E-state index is 0.0689. The summed E-state index contributed by atoms with van der Waals surface area (Å²) < 4.78 is 11.1. The van der Waals surface area contributed by atoms with Gasteiger partial charge in [-0.05, 0) is 115 Å². The third-order valence-electron chi connectivity index (χ3n) is 10.6. The van der Waals surface area contributed by atoms with Crippen molar-refractivity contribution in [2.45, 2.75) is 103 Å². The highest BCUT2D eigenvalue weighted by atomic mass is 16.6. The lowest BCUT2D eigenvalue weighted by Crippen LogP contribution is -2.43. The number of pyridine rings is 2. The number of carbonyl (C=O) groups excluding carboxylic acids is 3. The second kappa shape index (κ2) is 18.0. The number of nitrogens with two attached hydrogens (primary N) is 2. The molecule has 2 fully saturated rings. The maximum absolute atomic E-state index is 12.6. The number of fused-ring (bicyclic) bond motifs is 1. The number of nitrogens with zero attached hydrogens (tertiary/aromatic N) is 4. The number of nitrogen functional groups attached to an aromatic ring is 1. The molecule has 2 saturated heterocycles. The van der Waals surface area contributed by atoms with E-state index >= 15 is 0 Å². The van der Waals surface area contributed by atoms with Crippen LogP contribution in [0.4, 0.5) is 26.0 Å². The lowest BCUT2D eigenvalue weighted by molar-refractivity contribution is 0.0188. The van der Waals surface area contributed by atoms with Crippen molar-refractivity contribution >= 4 is 29.9 Å². The van der Waals surface area contributed by atoms with Crippen molar-refractivity contribution in [3.63, 3.8) is 0 Å². The Morgan fingerprint density at radius 1 is 0.783 bits per heavy atom. The van der Waals surface area contributed by atoms with E-state index in [4.69, 9.17) is 20.9 Å². The van der Waals surface area contributed by atoms with Crippen LogP contribution >= 0.6 is 0 Å². The molecule has 0 bridgehead atoms. The molecule has 2 atom stereocenters. The normalized spacial score (nSPS) is 17.9. The van der Waals surface area contributed by atoms with Crippen LogP contribution in [0.5, 0.6) is 11.5 Å². The number of para-hydroxylation sites is 2. The largest absolute Gasteiger partial charge is 0.507 e. The van der Waals surface area contributed by atoms with Gasteiger partial charge in [-0.15, -0.1) is 0 Å². The van der Waals surface area contributed by atoms with E-state index < -0.39 is 11.2 Å². The Kier molecular flexibility index (Phi) is 13.1. The van der Waals surface area contributed by atoms with Crippen molar-refractivity contribution in [3.05, 3.63) is 82.9 Å². The molecule has 15 nitrogen and oxygen atoms in total. The Bertz CT molecular complexity index is 2220. The Morgan fingerprint density at radius 3 is 1.77 bits per heavy atom. The molecule has 3 aliphatic rings. The number of carbonyl (C=O) groups is 3. The summed E-state index contributed by atoms with van der Waals surface area (Å²) in [6.07, 6.45) is 2.92. The molecule has 60 heavy (non-hydrogen) atoms. The van der Waals surface area contributed by atoms with Crippen LogP contribution in [0.25, 0.3) is 22.5 Å². The fraction of sp³-hybridized carbons (Fsp3) is 0.444. The Morgan fingerprint density at radius 2 is 1.27 bits per heavy atom. The molecule has 0 radical (unpaired) electrons. The zero-order valence-corrected chi connectivity index (χ0v) is 35.4. The van der Waals surface area contributed by atoms with Gasteiger partial charge >= 0.3 is 18.2 Å². The zero-order chi connectivity index (χ0) is 43.4. The van der Waals surface area contributed by atoms with Crippen molar-refractivity contribution < 1.29 is 34.1 Å². The highest BCUT2D eigenvalue weighted by molar-refractivity contribution is 5.92. The predicted octanol–water partition coefficient (Wildman–Crippen LogP) is 7.81. The third-order valence-corrected chi connectivity index (χ3v) is 10.6. The summed E-state index contributed by atoms with van der Waals surface area (Å²) in [5.41, 5.74) is 17.2. The summed E-state index contributed by atoms with van der Waals surface area (Å²) in [7, 11) is 0. The summed E-state index contributed by atoms with van der Waals surface area (Å²) in [4.78, 5) is 49.7. The second-order valence-electron chi connectivity index (χ2n) is 17.5. The zero-order valence-electron chi connectivity index (χ0n) is 35.4. The Balaban J connectivity index is 0.000000202. The fourth-order valence-corrected chi connectivity index (χ4v) is 7.87. The smallest absolute Gasteiger partial charge is 0.410 e. The quantitative estimate of drug-likeness (QED) is 0.114. The number of nitrogens with one attached hydrogen (secondary N) is 2. The number of aromatic nitrogens is 2. The number of likely N-dealkylation sites (tertiary alicyclic amines) is 2. The van der Waals surface area contributed by atoms with Crippen molar-refractivity contribution in [2.75, 3.05) is 37.2 Å². The number of aromatic hydroxyl groups is 2. The van der Waals surface area contributed by atoms with Gasteiger partial charge in [-0.2, -0.15) is 0 Å². The van der Waals surface area contributed by atoms with Crippen molar-refractivity contribution in [1.29, 1.82) is 0 Å². The van der Waals surface area contributed by atoms with E-state index in [9.17, 15) is 24.6 Å². The summed E-state index contributed by atoms with van der Waals surface area (Å²) >= 11 is 0. The van der Waals surface area contributed by atoms with Crippen LogP contribution in [0.3, 0.4) is 0 Å². The molecular weight excluding hydrogens is 765 g/mol. The monoisotopic (exact) mass is 822 g/mol. The first-order chi connectivity index (χ1) is 28.4. The summed E-state index contributed by atoms with van der Waals surface area (Å²) in [5.74, 6) is 1.26. The molecule has 2 aromatic heterocycles. The molecule has 2 unspecified atom stereocenters. The third kappa shape index (κ3) is 10.6. The second-order valence-corrected chi connectivity index (χ2v) is 17.5. The van der Waals surface area contributed by atoms with Crippen LogP contribution in [-0.4, -0.2) is 85.6 Å². The summed E-state index contributed by atoms with van der Waals surface area (Å²) in [6.45, 7) is 14.2. The van der Waals surface area contributed by atoms with E-state index in [1.54, 1.807) is 46.2 Å². The number of piperidine rings is 2. The van der Waals surface area contributed by atoms with E-state index in [1.807, 2.05) is 65.8 Å². The summed E-state index contributed by atoms with van der Waals surface area (Å²) in [6, 6.07) is 17.6. The van der Waals surface area contributed by atoms with E-state index in [2.05, 4.69) is 20.6 Å². The number of hydrogen-bond acceptors (Lipinski definition) is 11. The fourth-order valence-electron chi connectivity index (χ4n) is 7.87. The number of amides is 4. The van der Waals surface area contributed by atoms with Crippen LogP contribution in [-0.2, 0) is 22.6 Å². The van der Waals surface area contributed by atoms with E-state index in [1.165, 1.54) is 0 Å². The van der Waals surface area contributed by atoms with Crippen LogP contribution in [0.15, 0.2) is 60.7 Å². The lowest BCUT2D eigenvalue weighted by Gasteiger charge is -2.35. The van der Waals surface area contributed by atoms with Gasteiger partial charge in [-0.25, -0.2) is 24.4 Å². The number of rotatable bonds is 5. The lowest BCUT2D eigenvalue weighted by atomic mass is 9.86. The van der Waals surface area contributed by atoms with E-state index in [-0.39, 0.29) is 48.1 Å². The molecule has 0 aliphatic carbocycles. The first-order valence-electron chi connectivity index (χ1n) is 20.5. The van der Waals surface area contributed by atoms with Gasteiger partial charge in [0.15, 0.2) is 0 Å². The average molecular weight is 823 g/mol. The van der Waals surface area contributed by atoms with Gasteiger partial charge in [0.1, 0.15) is 34.3 Å². The number of benzene rings is 2. The molecule has 7 rings (SSSR count). The van der Waals surface area contributed by atoms with E-state index in [0.717, 1.165) is 47.9 Å². The first-order valence-corrected chi connectivity index (χ1v) is 20.5. The van der Waals surface area contributed by atoms with Gasteiger partial charge in [-0.3, -0.25) is 5.32 Å². The average Bonchev–Trinajstić information content (AvgIpc) is 3.19. The van der Waals surface area contributed by atoms with Crippen LogP contribution < -0.4 is 22.1 Å². The number of urea groups is 1. The molecule has 320 valence electrons. The molecule has 0 saturated carbocycles. The predicted molar refractivity (Wildman–Crippen MR) is 230 cm³/mol. The van der Waals surface area contributed by atoms with Gasteiger partial charge < -0.3 is 46.3 Å². The molecule has 8 N–H and O–H groups in total. The maximum Gasteiger partial charge on any atom is 0.410 e. The molecule has 0 spiro atoms. The molecule has 5 heterocycles. The molecule has 3 aliphatic heterocycles. The van der Waals surface area contributed by atoms with Gasteiger partial charge in [0, 0.05) is 73.4 Å². The van der Waals surface area contributed by atoms with Crippen molar-refractivity contribution in [3.8, 4) is 34.0 Å². The minimum atomic E-state index is -0.550. The van der Waals surface area contributed by atoms with Gasteiger partial charge in [0.05, 0.1) is 11.4 Å².